The molecule has 110 valence electrons. The van der Waals surface area contributed by atoms with Crippen LogP contribution < -0.4 is 16.4 Å². The van der Waals surface area contributed by atoms with E-state index in [1.165, 1.54) is 0 Å². The maximum Gasteiger partial charge on any atom is 0.239 e. The molecule has 4 N–H and O–H groups in total. The van der Waals surface area contributed by atoms with Crippen LogP contribution in [0.25, 0.3) is 0 Å². The molecule has 0 radical (unpaired) electrons. The van der Waals surface area contributed by atoms with Crippen LogP contribution in [0.5, 0.6) is 0 Å². The Morgan fingerprint density at radius 2 is 1.90 bits per heavy atom. The van der Waals surface area contributed by atoms with Crippen molar-refractivity contribution in [2.45, 2.75) is 26.3 Å². The first-order valence-corrected chi connectivity index (χ1v) is 6.69. The maximum atomic E-state index is 11.6. The molecule has 1 aromatic rings. The van der Waals surface area contributed by atoms with E-state index in [0.29, 0.717) is 6.54 Å². The second kappa shape index (κ2) is 8.27. The average molecular weight is 278 g/mol. The number of nitrogens with two attached hydrogens (primary N) is 1. The van der Waals surface area contributed by atoms with Crippen molar-refractivity contribution < 1.29 is 9.59 Å². The van der Waals surface area contributed by atoms with Crippen molar-refractivity contribution in [1.29, 1.82) is 0 Å². The van der Waals surface area contributed by atoms with Gasteiger partial charge in [0.2, 0.25) is 11.8 Å². The number of amides is 2. The maximum absolute atomic E-state index is 11.6. The van der Waals surface area contributed by atoms with Crippen LogP contribution in [0, 0.1) is 5.92 Å². The normalized spacial score (nSPS) is 12.0. The Hall–Kier alpha value is -1.95. The van der Waals surface area contributed by atoms with Crippen molar-refractivity contribution in [3.05, 3.63) is 30.1 Å². The average Bonchev–Trinajstić information content (AvgIpc) is 2.45. The molecule has 0 aromatic carbocycles. The van der Waals surface area contributed by atoms with Gasteiger partial charge in [-0.05, 0) is 30.0 Å². The fourth-order valence-electron chi connectivity index (χ4n) is 1.55. The lowest BCUT2D eigenvalue weighted by Gasteiger charge is -2.15. The number of aromatic nitrogens is 1. The molecule has 6 heteroatoms. The van der Waals surface area contributed by atoms with Crippen molar-refractivity contribution in [3.8, 4) is 0 Å². The van der Waals surface area contributed by atoms with Crippen LogP contribution in [0.2, 0.25) is 0 Å². The van der Waals surface area contributed by atoms with E-state index in [1.54, 1.807) is 12.4 Å². The molecule has 0 spiro atoms. The topological polar surface area (TPSA) is 97.1 Å². The Morgan fingerprint density at radius 3 is 2.50 bits per heavy atom. The number of carbonyl (C=O) groups excluding carboxylic acids is 2. The summed E-state index contributed by atoms with van der Waals surface area (Å²) in [6.45, 7) is 4.20. The Bertz CT molecular complexity index is 434. The highest BCUT2D eigenvalue weighted by Gasteiger charge is 2.17. The molecule has 0 unspecified atom stereocenters. The van der Waals surface area contributed by atoms with Gasteiger partial charge in [0, 0.05) is 18.9 Å². The van der Waals surface area contributed by atoms with E-state index in [9.17, 15) is 9.59 Å². The lowest BCUT2D eigenvalue weighted by atomic mass is 10.1. The summed E-state index contributed by atoms with van der Waals surface area (Å²) >= 11 is 0. The predicted molar refractivity (Wildman–Crippen MR) is 76.8 cm³/mol. The number of carbonyl (C=O) groups is 2. The molecule has 2 amide bonds. The molecule has 0 aliphatic heterocycles. The Kier molecular flexibility index (Phi) is 6.66. The largest absolute Gasteiger partial charge is 0.354 e. The third-order valence-electron chi connectivity index (χ3n) is 2.93. The molecule has 0 saturated carbocycles. The van der Waals surface area contributed by atoms with Crippen LogP contribution in [0.4, 0.5) is 0 Å². The summed E-state index contributed by atoms with van der Waals surface area (Å²) in [5, 5.41) is 5.27. The first-order valence-electron chi connectivity index (χ1n) is 6.69. The second-order valence-electron chi connectivity index (χ2n) is 4.94. The SMILES string of the molecule is CC(C)[C@H](N)C(=O)NCC(=O)NCCc1ccncc1. The lowest BCUT2D eigenvalue weighted by molar-refractivity contribution is -0.127. The quantitative estimate of drug-likeness (QED) is 0.645. The van der Waals surface area contributed by atoms with Crippen LogP contribution in [0.15, 0.2) is 24.5 Å². The summed E-state index contributed by atoms with van der Waals surface area (Å²) in [4.78, 5) is 27.0. The summed E-state index contributed by atoms with van der Waals surface area (Å²) in [5.74, 6) is -0.475. The van der Waals surface area contributed by atoms with Crippen molar-refractivity contribution in [2.24, 2.45) is 11.7 Å². The minimum absolute atomic E-state index is 0.0460. The van der Waals surface area contributed by atoms with E-state index < -0.39 is 6.04 Å². The molecule has 0 saturated heterocycles. The van der Waals surface area contributed by atoms with Gasteiger partial charge in [0.15, 0.2) is 0 Å². The molecule has 0 aliphatic rings. The third-order valence-corrected chi connectivity index (χ3v) is 2.93. The fourth-order valence-corrected chi connectivity index (χ4v) is 1.55. The molecule has 1 rings (SSSR count). The molecular weight excluding hydrogens is 256 g/mol. The van der Waals surface area contributed by atoms with Gasteiger partial charge in [-0.1, -0.05) is 13.8 Å². The van der Waals surface area contributed by atoms with Crippen LogP contribution in [-0.2, 0) is 16.0 Å². The molecule has 20 heavy (non-hydrogen) atoms. The second-order valence-corrected chi connectivity index (χ2v) is 4.94. The molecule has 1 atom stereocenters. The first kappa shape index (κ1) is 16.1. The van der Waals surface area contributed by atoms with E-state index in [0.717, 1.165) is 12.0 Å². The summed E-state index contributed by atoms with van der Waals surface area (Å²) in [7, 11) is 0. The zero-order valence-corrected chi connectivity index (χ0v) is 11.9. The lowest BCUT2D eigenvalue weighted by Crippen LogP contribution is -2.47. The Labute approximate surface area is 119 Å². The van der Waals surface area contributed by atoms with Gasteiger partial charge in [0.05, 0.1) is 12.6 Å². The van der Waals surface area contributed by atoms with Crippen molar-refractivity contribution >= 4 is 11.8 Å². The number of nitrogens with one attached hydrogen (secondary N) is 2. The number of hydrogen-bond donors (Lipinski definition) is 3. The van der Waals surface area contributed by atoms with Crippen LogP contribution in [0.1, 0.15) is 19.4 Å². The number of rotatable bonds is 7. The third kappa shape index (κ3) is 5.79. The smallest absolute Gasteiger partial charge is 0.239 e. The number of nitrogens with zero attached hydrogens (tertiary/aromatic N) is 1. The monoisotopic (exact) mass is 278 g/mol. The van der Waals surface area contributed by atoms with E-state index in [-0.39, 0.29) is 24.3 Å². The number of hydrogen-bond acceptors (Lipinski definition) is 4. The Balaban J connectivity index is 2.19. The van der Waals surface area contributed by atoms with Gasteiger partial charge in [0.25, 0.3) is 0 Å². The van der Waals surface area contributed by atoms with Gasteiger partial charge in [-0.3, -0.25) is 14.6 Å². The molecule has 0 bridgehead atoms. The van der Waals surface area contributed by atoms with E-state index in [1.807, 2.05) is 26.0 Å². The predicted octanol–water partition coefficient (Wildman–Crippen LogP) is -0.160. The standard InChI is InChI=1S/C14H22N4O2/c1-10(2)13(15)14(20)18-9-12(19)17-8-5-11-3-6-16-7-4-11/h3-4,6-7,10,13H,5,8-9,15H2,1-2H3,(H,17,19)(H,18,20)/t13-/m0/s1. The van der Waals surface area contributed by atoms with Gasteiger partial charge in [0.1, 0.15) is 0 Å². The van der Waals surface area contributed by atoms with Crippen LogP contribution in [-0.4, -0.2) is 35.9 Å². The summed E-state index contributed by atoms with van der Waals surface area (Å²) in [5.41, 5.74) is 6.78. The Morgan fingerprint density at radius 1 is 1.25 bits per heavy atom. The molecule has 0 aliphatic carbocycles. The van der Waals surface area contributed by atoms with Gasteiger partial charge >= 0.3 is 0 Å². The minimum Gasteiger partial charge on any atom is -0.354 e. The molecule has 6 nitrogen and oxygen atoms in total. The van der Waals surface area contributed by atoms with Crippen molar-refractivity contribution in [3.63, 3.8) is 0 Å². The van der Waals surface area contributed by atoms with Crippen LogP contribution in [0.3, 0.4) is 0 Å². The highest BCUT2D eigenvalue weighted by Crippen LogP contribution is 1.97. The zero-order valence-electron chi connectivity index (χ0n) is 11.9. The van der Waals surface area contributed by atoms with E-state index >= 15 is 0 Å². The molecular formula is C14H22N4O2. The summed E-state index contributed by atoms with van der Waals surface area (Å²) < 4.78 is 0. The number of pyridine rings is 1. The molecule has 1 heterocycles. The van der Waals surface area contributed by atoms with Gasteiger partial charge in [-0.15, -0.1) is 0 Å². The highest BCUT2D eigenvalue weighted by molar-refractivity contribution is 5.87. The fraction of sp³-hybridized carbons (Fsp3) is 0.500. The molecule has 0 fully saturated rings. The first-order chi connectivity index (χ1) is 9.50. The van der Waals surface area contributed by atoms with Gasteiger partial charge in [-0.2, -0.15) is 0 Å². The summed E-state index contributed by atoms with van der Waals surface area (Å²) in [6.07, 6.45) is 4.16. The van der Waals surface area contributed by atoms with Crippen molar-refractivity contribution in [1.82, 2.24) is 15.6 Å². The van der Waals surface area contributed by atoms with E-state index in [4.69, 9.17) is 5.73 Å². The summed E-state index contributed by atoms with van der Waals surface area (Å²) in [6, 6.07) is 3.21. The molecule has 1 aromatic heterocycles. The van der Waals surface area contributed by atoms with Crippen molar-refractivity contribution in [2.75, 3.05) is 13.1 Å². The van der Waals surface area contributed by atoms with E-state index in [2.05, 4.69) is 15.6 Å². The van der Waals surface area contributed by atoms with Crippen LogP contribution >= 0.6 is 0 Å². The van der Waals surface area contributed by atoms with Gasteiger partial charge in [-0.25, -0.2) is 0 Å². The minimum atomic E-state index is -0.584. The zero-order chi connectivity index (χ0) is 15.0. The van der Waals surface area contributed by atoms with Gasteiger partial charge < -0.3 is 16.4 Å². The highest BCUT2D eigenvalue weighted by atomic mass is 16.2.